The minimum Gasteiger partial charge on any atom is -0.481 e. The maximum absolute atomic E-state index is 5.34. The maximum atomic E-state index is 5.34. The van der Waals surface area contributed by atoms with Gasteiger partial charge in [0.1, 0.15) is 0 Å². The SMILES string of the molecule is COc1cccc(CN2CCN(Cc3nc(C(C)C)no3)CC2)n1. The lowest BCUT2D eigenvalue weighted by Crippen LogP contribution is -2.45. The van der Waals surface area contributed by atoms with Crippen molar-refractivity contribution >= 4 is 0 Å². The van der Waals surface area contributed by atoms with Crippen molar-refractivity contribution in [1.82, 2.24) is 24.9 Å². The first-order chi connectivity index (χ1) is 11.6. The highest BCUT2D eigenvalue weighted by molar-refractivity contribution is 5.15. The van der Waals surface area contributed by atoms with E-state index in [0.717, 1.165) is 50.8 Å². The predicted molar refractivity (Wildman–Crippen MR) is 89.7 cm³/mol. The monoisotopic (exact) mass is 331 g/mol. The summed E-state index contributed by atoms with van der Waals surface area (Å²) in [5, 5.41) is 4.02. The molecule has 1 aliphatic rings. The molecule has 0 spiro atoms. The Morgan fingerprint density at radius 3 is 2.42 bits per heavy atom. The van der Waals surface area contributed by atoms with E-state index in [1.165, 1.54) is 0 Å². The van der Waals surface area contributed by atoms with E-state index in [4.69, 9.17) is 9.26 Å². The third kappa shape index (κ3) is 4.30. The summed E-state index contributed by atoms with van der Waals surface area (Å²) in [4.78, 5) is 13.7. The minimum absolute atomic E-state index is 0.301. The van der Waals surface area contributed by atoms with Gasteiger partial charge >= 0.3 is 0 Å². The summed E-state index contributed by atoms with van der Waals surface area (Å²) < 4.78 is 10.5. The van der Waals surface area contributed by atoms with Crippen LogP contribution in [0.4, 0.5) is 0 Å². The molecule has 7 nitrogen and oxygen atoms in total. The van der Waals surface area contributed by atoms with Gasteiger partial charge in [-0.15, -0.1) is 0 Å². The number of ether oxygens (including phenoxy) is 1. The summed E-state index contributed by atoms with van der Waals surface area (Å²) in [6.07, 6.45) is 0. The number of hydrogen-bond acceptors (Lipinski definition) is 7. The van der Waals surface area contributed by atoms with Crippen LogP contribution >= 0.6 is 0 Å². The standard InChI is InChI=1S/C17H25N5O2/c1-13(2)17-19-16(24-20-17)12-22-9-7-21(8-10-22)11-14-5-4-6-15(18-14)23-3/h4-6,13H,7-12H2,1-3H3. The Hall–Kier alpha value is -1.99. The third-order valence-electron chi connectivity index (χ3n) is 4.20. The van der Waals surface area contributed by atoms with Crippen LogP contribution < -0.4 is 4.74 Å². The lowest BCUT2D eigenvalue weighted by atomic mass is 10.2. The molecule has 2 aromatic heterocycles. The van der Waals surface area contributed by atoms with E-state index in [9.17, 15) is 0 Å². The second-order valence-corrected chi connectivity index (χ2v) is 6.42. The molecule has 7 heteroatoms. The number of nitrogens with zero attached hydrogens (tertiary/aromatic N) is 5. The second kappa shape index (κ2) is 7.72. The van der Waals surface area contributed by atoms with Gasteiger partial charge in [0.2, 0.25) is 11.8 Å². The molecule has 1 saturated heterocycles. The number of rotatable bonds is 6. The van der Waals surface area contributed by atoms with Gasteiger partial charge in [-0.05, 0) is 6.07 Å². The van der Waals surface area contributed by atoms with Crippen molar-refractivity contribution in [2.24, 2.45) is 0 Å². The molecule has 0 saturated carbocycles. The van der Waals surface area contributed by atoms with Crippen LogP contribution in [0.3, 0.4) is 0 Å². The Labute approximate surface area is 142 Å². The highest BCUT2D eigenvalue weighted by Crippen LogP contribution is 2.14. The van der Waals surface area contributed by atoms with Gasteiger partial charge in [0.25, 0.3) is 0 Å². The fourth-order valence-corrected chi connectivity index (χ4v) is 2.75. The first-order valence-corrected chi connectivity index (χ1v) is 8.41. The highest BCUT2D eigenvalue weighted by atomic mass is 16.5. The molecule has 130 valence electrons. The fraction of sp³-hybridized carbons (Fsp3) is 0.588. The van der Waals surface area contributed by atoms with E-state index in [0.29, 0.717) is 17.7 Å². The van der Waals surface area contributed by atoms with Crippen LogP contribution in [0, 0.1) is 0 Å². The van der Waals surface area contributed by atoms with E-state index >= 15 is 0 Å². The average Bonchev–Trinajstić information content (AvgIpc) is 3.06. The Morgan fingerprint density at radius 2 is 1.79 bits per heavy atom. The van der Waals surface area contributed by atoms with Crippen molar-refractivity contribution in [3.63, 3.8) is 0 Å². The summed E-state index contributed by atoms with van der Waals surface area (Å²) >= 11 is 0. The van der Waals surface area contributed by atoms with Crippen molar-refractivity contribution < 1.29 is 9.26 Å². The van der Waals surface area contributed by atoms with Crippen LogP contribution in [0.15, 0.2) is 22.7 Å². The van der Waals surface area contributed by atoms with E-state index in [1.807, 2.05) is 18.2 Å². The summed E-state index contributed by atoms with van der Waals surface area (Å²) in [5.41, 5.74) is 1.04. The van der Waals surface area contributed by atoms with Gasteiger partial charge in [-0.2, -0.15) is 4.98 Å². The van der Waals surface area contributed by atoms with Gasteiger partial charge in [-0.3, -0.25) is 9.80 Å². The zero-order valence-electron chi connectivity index (χ0n) is 14.6. The Balaban J connectivity index is 1.48. The lowest BCUT2D eigenvalue weighted by molar-refractivity contribution is 0.111. The van der Waals surface area contributed by atoms with Gasteiger partial charge in [-0.1, -0.05) is 25.1 Å². The molecule has 0 unspecified atom stereocenters. The Kier molecular flexibility index (Phi) is 5.42. The molecule has 3 rings (SSSR count). The van der Waals surface area contributed by atoms with Gasteiger partial charge in [0.05, 0.1) is 19.3 Å². The number of aromatic nitrogens is 3. The first-order valence-electron chi connectivity index (χ1n) is 8.41. The molecular formula is C17H25N5O2. The van der Waals surface area contributed by atoms with Crippen molar-refractivity contribution in [2.45, 2.75) is 32.9 Å². The van der Waals surface area contributed by atoms with Crippen molar-refractivity contribution in [3.05, 3.63) is 35.6 Å². The third-order valence-corrected chi connectivity index (χ3v) is 4.20. The van der Waals surface area contributed by atoms with E-state index in [1.54, 1.807) is 7.11 Å². The summed E-state index contributed by atoms with van der Waals surface area (Å²) in [7, 11) is 1.65. The van der Waals surface area contributed by atoms with Gasteiger partial charge in [0, 0.05) is 44.7 Å². The molecular weight excluding hydrogens is 306 g/mol. The summed E-state index contributed by atoms with van der Waals surface area (Å²) in [6.45, 7) is 9.70. The number of piperazine rings is 1. The topological polar surface area (TPSA) is 67.5 Å². The van der Waals surface area contributed by atoms with Crippen molar-refractivity contribution in [1.29, 1.82) is 0 Å². The molecule has 0 bridgehead atoms. The minimum atomic E-state index is 0.301. The highest BCUT2D eigenvalue weighted by Gasteiger charge is 2.20. The van der Waals surface area contributed by atoms with Gasteiger partial charge in [-0.25, -0.2) is 4.98 Å². The van der Waals surface area contributed by atoms with Crippen molar-refractivity contribution in [2.75, 3.05) is 33.3 Å². The molecule has 0 amide bonds. The molecule has 3 heterocycles. The van der Waals surface area contributed by atoms with E-state index in [2.05, 4.69) is 38.8 Å². The molecule has 0 radical (unpaired) electrons. The van der Waals surface area contributed by atoms with Crippen LogP contribution in [0.2, 0.25) is 0 Å². The molecule has 0 aromatic carbocycles. The number of methoxy groups -OCH3 is 1. The maximum Gasteiger partial charge on any atom is 0.240 e. The predicted octanol–water partition coefficient (Wildman–Crippen LogP) is 1.91. The van der Waals surface area contributed by atoms with E-state index in [-0.39, 0.29) is 0 Å². The van der Waals surface area contributed by atoms with E-state index < -0.39 is 0 Å². The van der Waals surface area contributed by atoms with Crippen LogP contribution in [-0.2, 0) is 13.1 Å². The fourth-order valence-electron chi connectivity index (χ4n) is 2.75. The first kappa shape index (κ1) is 16.9. The molecule has 1 fully saturated rings. The zero-order chi connectivity index (χ0) is 16.9. The smallest absolute Gasteiger partial charge is 0.240 e. The molecule has 2 aromatic rings. The van der Waals surface area contributed by atoms with Gasteiger partial charge < -0.3 is 9.26 Å². The Bertz CT molecular complexity index is 650. The largest absolute Gasteiger partial charge is 0.481 e. The quantitative estimate of drug-likeness (QED) is 0.801. The molecule has 0 N–H and O–H groups in total. The van der Waals surface area contributed by atoms with Crippen LogP contribution in [0.25, 0.3) is 0 Å². The number of hydrogen-bond donors (Lipinski definition) is 0. The normalized spacial score (nSPS) is 16.7. The van der Waals surface area contributed by atoms with Gasteiger partial charge in [0.15, 0.2) is 5.82 Å². The number of pyridine rings is 1. The average molecular weight is 331 g/mol. The Morgan fingerprint density at radius 1 is 1.08 bits per heavy atom. The molecule has 24 heavy (non-hydrogen) atoms. The van der Waals surface area contributed by atoms with Crippen LogP contribution in [0.5, 0.6) is 5.88 Å². The molecule has 0 aliphatic carbocycles. The second-order valence-electron chi connectivity index (χ2n) is 6.42. The zero-order valence-corrected chi connectivity index (χ0v) is 14.6. The van der Waals surface area contributed by atoms with Crippen LogP contribution in [0.1, 0.15) is 37.2 Å². The summed E-state index contributed by atoms with van der Waals surface area (Å²) in [6, 6.07) is 5.90. The van der Waals surface area contributed by atoms with Crippen molar-refractivity contribution in [3.8, 4) is 5.88 Å². The molecule has 1 aliphatic heterocycles. The summed E-state index contributed by atoms with van der Waals surface area (Å²) in [5.74, 6) is 2.47. The van der Waals surface area contributed by atoms with Crippen LogP contribution in [-0.4, -0.2) is 58.2 Å². The lowest BCUT2D eigenvalue weighted by Gasteiger charge is -2.33. The molecule has 0 atom stereocenters.